The molecule has 0 N–H and O–H groups in total. The molecule has 7 nitrogen and oxygen atoms in total. The Balaban J connectivity index is 1.81. The smallest absolute Gasteiger partial charge is 0.282 e. The highest BCUT2D eigenvalue weighted by molar-refractivity contribution is 6.45. The number of amides is 2. The van der Waals surface area contributed by atoms with Crippen molar-refractivity contribution in [1.82, 2.24) is 9.80 Å². The maximum Gasteiger partial charge on any atom is 0.282 e. The molecule has 4 rings (SSSR count). The summed E-state index contributed by atoms with van der Waals surface area (Å²) in [6.45, 7) is 3.04. The van der Waals surface area contributed by atoms with Crippen LogP contribution >= 0.6 is 0 Å². The van der Waals surface area contributed by atoms with Crippen molar-refractivity contribution < 1.29 is 19.1 Å². The van der Waals surface area contributed by atoms with E-state index in [-0.39, 0.29) is 11.8 Å². The number of methoxy groups -OCH3 is 2. The van der Waals surface area contributed by atoms with Gasteiger partial charge in [0.05, 0.1) is 25.5 Å². The Labute approximate surface area is 176 Å². The van der Waals surface area contributed by atoms with Crippen molar-refractivity contribution in [2.24, 2.45) is 0 Å². The van der Waals surface area contributed by atoms with Gasteiger partial charge in [-0.1, -0.05) is 30.3 Å². The molecule has 2 amide bonds. The van der Waals surface area contributed by atoms with Crippen molar-refractivity contribution in [2.45, 2.75) is 0 Å². The van der Waals surface area contributed by atoms with E-state index in [4.69, 9.17) is 9.47 Å². The minimum Gasteiger partial charge on any atom is -0.497 e. The number of carbonyl (C=O) groups is 2. The van der Waals surface area contributed by atoms with Crippen molar-refractivity contribution in [3.63, 3.8) is 0 Å². The van der Waals surface area contributed by atoms with Crippen molar-refractivity contribution in [1.29, 1.82) is 0 Å². The monoisotopic (exact) mass is 407 g/mol. The predicted molar refractivity (Wildman–Crippen MR) is 114 cm³/mol. The summed E-state index contributed by atoms with van der Waals surface area (Å²) in [5, 5.41) is 0. The van der Waals surface area contributed by atoms with Crippen molar-refractivity contribution in [2.75, 3.05) is 52.3 Å². The van der Waals surface area contributed by atoms with Crippen LogP contribution in [0.25, 0.3) is 5.57 Å². The molecule has 1 fully saturated rings. The van der Waals surface area contributed by atoms with E-state index in [9.17, 15) is 9.59 Å². The van der Waals surface area contributed by atoms with Gasteiger partial charge in [0.15, 0.2) is 0 Å². The molecule has 156 valence electrons. The summed E-state index contributed by atoms with van der Waals surface area (Å²) in [5.74, 6) is 0.323. The molecular weight excluding hydrogens is 382 g/mol. The van der Waals surface area contributed by atoms with Gasteiger partial charge in [0.1, 0.15) is 17.2 Å². The molecule has 0 radical (unpaired) electrons. The topological polar surface area (TPSA) is 62.3 Å². The van der Waals surface area contributed by atoms with E-state index in [1.165, 1.54) is 12.0 Å². The second kappa shape index (κ2) is 8.20. The average Bonchev–Trinajstić information content (AvgIpc) is 3.04. The van der Waals surface area contributed by atoms with Crippen LogP contribution < -0.4 is 14.4 Å². The Morgan fingerprint density at radius 2 is 1.53 bits per heavy atom. The molecule has 0 bridgehead atoms. The molecule has 0 aromatic heterocycles. The Morgan fingerprint density at radius 1 is 0.833 bits per heavy atom. The molecule has 0 aliphatic carbocycles. The molecule has 1 saturated heterocycles. The van der Waals surface area contributed by atoms with Crippen LogP contribution in [0.2, 0.25) is 0 Å². The number of rotatable bonds is 5. The molecule has 0 saturated carbocycles. The van der Waals surface area contributed by atoms with Crippen LogP contribution in [0, 0.1) is 0 Å². The van der Waals surface area contributed by atoms with Crippen LogP contribution in [-0.2, 0) is 9.59 Å². The summed E-state index contributed by atoms with van der Waals surface area (Å²) >= 11 is 0. The number of hydrogen-bond acceptors (Lipinski definition) is 6. The molecule has 2 heterocycles. The molecule has 2 aliphatic heterocycles. The average molecular weight is 407 g/mol. The number of ether oxygens (including phenoxy) is 2. The summed E-state index contributed by atoms with van der Waals surface area (Å²) in [6.07, 6.45) is 0. The maximum absolute atomic E-state index is 13.6. The van der Waals surface area contributed by atoms with Gasteiger partial charge in [-0.2, -0.15) is 0 Å². The fourth-order valence-electron chi connectivity index (χ4n) is 3.90. The quantitative estimate of drug-likeness (QED) is 0.709. The number of nitrogens with zero attached hydrogens (tertiary/aromatic N) is 3. The van der Waals surface area contributed by atoms with Gasteiger partial charge >= 0.3 is 0 Å². The highest BCUT2D eigenvalue weighted by atomic mass is 16.5. The van der Waals surface area contributed by atoms with E-state index in [2.05, 4.69) is 11.9 Å². The zero-order valence-corrected chi connectivity index (χ0v) is 17.4. The summed E-state index contributed by atoms with van der Waals surface area (Å²) in [4.78, 5) is 32.6. The lowest BCUT2D eigenvalue weighted by atomic mass is 10.0. The van der Waals surface area contributed by atoms with Crippen LogP contribution in [0.5, 0.6) is 11.5 Å². The molecule has 2 aromatic carbocycles. The molecule has 7 heteroatoms. The molecule has 2 aliphatic rings. The number of anilines is 1. The van der Waals surface area contributed by atoms with Gasteiger partial charge in [-0.3, -0.25) is 9.59 Å². The van der Waals surface area contributed by atoms with E-state index in [0.717, 1.165) is 18.7 Å². The zero-order chi connectivity index (χ0) is 21.3. The van der Waals surface area contributed by atoms with Crippen LogP contribution in [-0.4, -0.2) is 69.1 Å². The number of hydrogen-bond donors (Lipinski definition) is 0. The summed E-state index contributed by atoms with van der Waals surface area (Å²) in [6, 6.07) is 14.4. The maximum atomic E-state index is 13.6. The van der Waals surface area contributed by atoms with Gasteiger partial charge in [0.2, 0.25) is 0 Å². The van der Waals surface area contributed by atoms with Crippen LogP contribution in [0.3, 0.4) is 0 Å². The van der Waals surface area contributed by atoms with Gasteiger partial charge in [0, 0.05) is 32.2 Å². The van der Waals surface area contributed by atoms with Crippen molar-refractivity contribution in [3.05, 3.63) is 59.8 Å². The number of carbonyl (C=O) groups excluding carboxylic acids is 2. The highest BCUT2D eigenvalue weighted by Gasteiger charge is 2.43. The van der Waals surface area contributed by atoms with Gasteiger partial charge in [-0.05, 0) is 24.7 Å². The molecule has 2 aromatic rings. The van der Waals surface area contributed by atoms with Gasteiger partial charge in [-0.15, -0.1) is 0 Å². The number of piperazine rings is 1. The molecule has 0 unspecified atom stereocenters. The Bertz CT molecular complexity index is 995. The Kier molecular flexibility index (Phi) is 5.46. The summed E-state index contributed by atoms with van der Waals surface area (Å²) < 4.78 is 10.7. The number of imide groups is 1. The third kappa shape index (κ3) is 3.41. The first-order chi connectivity index (χ1) is 14.5. The Hall–Kier alpha value is -3.32. The zero-order valence-electron chi connectivity index (χ0n) is 17.4. The minimum absolute atomic E-state index is 0.327. The van der Waals surface area contributed by atoms with Gasteiger partial charge in [0.25, 0.3) is 11.8 Å². The second-order valence-corrected chi connectivity index (χ2v) is 7.36. The number of likely N-dealkylation sites (N-methyl/N-ethyl adjacent to an activating group) is 1. The van der Waals surface area contributed by atoms with Crippen LogP contribution in [0.1, 0.15) is 5.56 Å². The van der Waals surface area contributed by atoms with E-state index in [1.54, 1.807) is 25.3 Å². The first-order valence-electron chi connectivity index (χ1n) is 9.89. The number of benzene rings is 2. The first kappa shape index (κ1) is 20.0. The van der Waals surface area contributed by atoms with E-state index < -0.39 is 0 Å². The third-order valence-electron chi connectivity index (χ3n) is 5.57. The molecule has 0 spiro atoms. The first-order valence-corrected chi connectivity index (χ1v) is 9.89. The van der Waals surface area contributed by atoms with Gasteiger partial charge < -0.3 is 19.3 Å². The lowest BCUT2D eigenvalue weighted by molar-refractivity contribution is -0.120. The van der Waals surface area contributed by atoms with Crippen molar-refractivity contribution >= 4 is 23.1 Å². The highest BCUT2D eigenvalue weighted by Crippen LogP contribution is 2.40. The lowest BCUT2D eigenvalue weighted by Gasteiger charge is -2.34. The lowest BCUT2D eigenvalue weighted by Crippen LogP contribution is -2.46. The van der Waals surface area contributed by atoms with Crippen molar-refractivity contribution in [3.8, 4) is 11.5 Å². The second-order valence-electron chi connectivity index (χ2n) is 7.36. The van der Waals surface area contributed by atoms with Crippen LogP contribution in [0.15, 0.2) is 54.2 Å². The third-order valence-corrected chi connectivity index (χ3v) is 5.57. The normalized spacial score (nSPS) is 17.7. The predicted octanol–water partition coefficient (Wildman–Crippen LogP) is 2.24. The fraction of sp³-hybridized carbons (Fsp3) is 0.304. The Morgan fingerprint density at radius 3 is 2.17 bits per heavy atom. The molecular formula is C23H25N3O4. The summed E-state index contributed by atoms with van der Waals surface area (Å²) in [5.41, 5.74) is 2.03. The van der Waals surface area contributed by atoms with Gasteiger partial charge in [-0.25, -0.2) is 4.90 Å². The largest absolute Gasteiger partial charge is 0.497 e. The van der Waals surface area contributed by atoms with Crippen LogP contribution in [0.4, 0.5) is 5.69 Å². The molecule has 30 heavy (non-hydrogen) atoms. The van der Waals surface area contributed by atoms with E-state index in [1.807, 2.05) is 35.2 Å². The molecule has 0 atom stereocenters. The van der Waals surface area contributed by atoms with E-state index >= 15 is 0 Å². The fourth-order valence-corrected chi connectivity index (χ4v) is 3.90. The standard InChI is InChI=1S/C23H25N3O4/c1-24-11-13-25(14-12-24)21-20(16-7-5-4-6-8-16)22(27)26(23(21)28)18-10-9-17(29-2)15-19(18)30-3/h4-10,15H,11-14H2,1-3H3. The summed E-state index contributed by atoms with van der Waals surface area (Å²) in [7, 11) is 5.12. The van der Waals surface area contributed by atoms with E-state index in [0.29, 0.717) is 41.5 Å². The SMILES string of the molecule is COc1ccc(N2C(=O)C(c3ccccc3)=C(N3CCN(C)CC3)C2=O)c(OC)c1. The minimum atomic E-state index is -0.344.